The van der Waals surface area contributed by atoms with Crippen molar-refractivity contribution >= 4 is 27.3 Å². The zero-order valence-corrected chi connectivity index (χ0v) is 11.0. The van der Waals surface area contributed by atoms with E-state index in [-0.39, 0.29) is 0 Å². The first kappa shape index (κ1) is 10.7. The van der Waals surface area contributed by atoms with Gasteiger partial charge in [0.05, 0.1) is 0 Å². The van der Waals surface area contributed by atoms with Crippen LogP contribution >= 0.6 is 27.3 Å². The SMILES string of the molecule is Cc1sc(CNC2CCC2C)cc1Br. The molecular formula is C11H16BrNS. The van der Waals surface area contributed by atoms with Gasteiger partial charge in [-0.1, -0.05) is 6.92 Å². The van der Waals surface area contributed by atoms with E-state index >= 15 is 0 Å². The van der Waals surface area contributed by atoms with E-state index < -0.39 is 0 Å². The molecular weight excluding hydrogens is 258 g/mol. The number of rotatable bonds is 3. The van der Waals surface area contributed by atoms with Crippen molar-refractivity contribution in [3.8, 4) is 0 Å². The molecule has 0 bridgehead atoms. The first-order valence-electron chi connectivity index (χ1n) is 5.15. The fourth-order valence-corrected chi connectivity index (χ4v) is 3.36. The minimum atomic E-state index is 0.760. The molecule has 1 aromatic heterocycles. The van der Waals surface area contributed by atoms with Crippen molar-refractivity contribution in [2.24, 2.45) is 5.92 Å². The number of hydrogen-bond donors (Lipinski definition) is 1. The summed E-state index contributed by atoms with van der Waals surface area (Å²) in [5, 5.41) is 3.62. The zero-order valence-electron chi connectivity index (χ0n) is 8.64. The highest BCUT2D eigenvalue weighted by Crippen LogP contribution is 2.29. The van der Waals surface area contributed by atoms with Crippen LogP contribution in [0.5, 0.6) is 0 Å². The van der Waals surface area contributed by atoms with E-state index in [2.05, 4.69) is 41.2 Å². The maximum absolute atomic E-state index is 3.62. The number of thiophene rings is 1. The van der Waals surface area contributed by atoms with Gasteiger partial charge in [0.15, 0.2) is 0 Å². The standard InChI is InChI=1S/C11H16BrNS/c1-7-3-4-11(7)13-6-9-5-10(12)8(2)14-9/h5,7,11,13H,3-4,6H2,1-2H3. The lowest BCUT2D eigenvalue weighted by atomic mass is 9.81. The van der Waals surface area contributed by atoms with E-state index in [1.807, 2.05) is 11.3 Å². The molecule has 0 amide bonds. The number of aryl methyl sites for hydroxylation is 1. The van der Waals surface area contributed by atoms with Crippen LogP contribution in [0, 0.1) is 12.8 Å². The monoisotopic (exact) mass is 273 g/mol. The predicted octanol–water partition coefficient (Wildman–Crippen LogP) is 3.71. The van der Waals surface area contributed by atoms with Crippen LogP contribution in [0.2, 0.25) is 0 Å². The van der Waals surface area contributed by atoms with Gasteiger partial charge in [0.2, 0.25) is 0 Å². The lowest BCUT2D eigenvalue weighted by molar-refractivity contribution is 0.229. The lowest BCUT2D eigenvalue weighted by Gasteiger charge is -2.34. The lowest BCUT2D eigenvalue weighted by Crippen LogP contribution is -2.41. The van der Waals surface area contributed by atoms with Gasteiger partial charge in [-0.3, -0.25) is 0 Å². The Labute approximate surface area is 98.0 Å². The summed E-state index contributed by atoms with van der Waals surface area (Å²) in [7, 11) is 0. The molecule has 0 saturated heterocycles. The summed E-state index contributed by atoms with van der Waals surface area (Å²) in [6.07, 6.45) is 2.75. The summed E-state index contributed by atoms with van der Waals surface area (Å²) in [5.41, 5.74) is 0. The van der Waals surface area contributed by atoms with Gasteiger partial charge in [0, 0.05) is 26.8 Å². The molecule has 1 heterocycles. The summed E-state index contributed by atoms with van der Waals surface area (Å²) in [4.78, 5) is 2.82. The van der Waals surface area contributed by atoms with E-state index in [4.69, 9.17) is 0 Å². The van der Waals surface area contributed by atoms with E-state index in [9.17, 15) is 0 Å². The van der Waals surface area contributed by atoms with Crippen LogP contribution in [0.15, 0.2) is 10.5 Å². The van der Waals surface area contributed by atoms with Crippen molar-refractivity contribution in [3.63, 3.8) is 0 Å². The third-order valence-electron chi connectivity index (χ3n) is 3.07. The Hall–Kier alpha value is 0.140. The normalized spacial score (nSPS) is 26.2. The molecule has 0 aromatic carbocycles. The van der Waals surface area contributed by atoms with Crippen LogP contribution < -0.4 is 5.32 Å². The van der Waals surface area contributed by atoms with Crippen molar-refractivity contribution in [2.45, 2.75) is 39.3 Å². The van der Waals surface area contributed by atoms with Gasteiger partial charge < -0.3 is 5.32 Å². The summed E-state index contributed by atoms with van der Waals surface area (Å²) in [6, 6.07) is 2.99. The second kappa shape index (κ2) is 4.33. The van der Waals surface area contributed by atoms with Crippen LogP contribution in [0.1, 0.15) is 29.5 Å². The molecule has 1 nitrogen and oxygen atoms in total. The molecule has 1 fully saturated rings. The highest BCUT2D eigenvalue weighted by Gasteiger charge is 2.25. The first-order valence-corrected chi connectivity index (χ1v) is 6.76. The van der Waals surface area contributed by atoms with Crippen molar-refractivity contribution in [1.29, 1.82) is 0 Å². The molecule has 2 atom stereocenters. The molecule has 1 aliphatic carbocycles. The van der Waals surface area contributed by atoms with Crippen LogP contribution in [-0.2, 0) is 6.54 Å². The fraction of sp³-hybridized carbons (Fsp3) is 0.636. The second-order valence-electron chi connectivity index (χ2n) is 4.16. The highest BCUT2D eigenvalue weighted by atomic mass is 79.9. The number of hydrogen-bond acceptors (Lipinski definition) is 2. The van der Waals surface area contributed by atoms with E-state index in [1.165, 1.54) is 27.1 Å². The molecule has 3 heteroatoms. The molecule has 1 aromatic rings. The van der Waals surface area contributed by atoms with Crippen molar-refractivity contribution in [3.05, 3.63) is 20.3 Å². The van der Waals surface area contributed by atoms with Gasteiger partial charge in [-0.15, -0.1) is 11.3 Å². The molecule has 1 saturated carbocycles. The van der Waals surface area contributed by atoms with Crippen LogP contribution in [0.3, 0.4) is 0 Å². The molecule has 0 aliphatic heterocycles. The predicted molar refractivity (Wildman–Crippen MR) is 65.8 cm³/mol. The Morgan fingerprint density at radius 3 is 2.79 bits per heavy atom. The molecule has 2 unspecified atom stereocenters. The highest BCUT2D eigenvalue weighted by molar-refractivity contribution is 9.10. The number of nitrogens with one attached hydrogen (secondary N) is 1. The smallest absolute Gasteiger partial charge is 0.0314 e. The molecule has 2 rings (SSSR count). The molecule has 0 radical (unpaired) electrons. The summed E-state index contributed by atoms with van der Waals surface area (Å²) >= 11 is 5.43. The van der Waals surface area contributed by atoms with E-state index in [0.717, 1.165) is 18.5 Å². The molecule has 78 valence electrons. The second-order valence-corrected chi connectivity index (χ2v) is 6.35. The zero-order chi connectivity index (χ0) is 10.1. The molecule has 1 aliphatic rings. The average molecular weight is 274 g/mol. The quantitative estimate of drug-likeness (QED) is 0.886. The van der Waals surface area contributed by atoms with Crippen molar-refractivity contribution in [2.75, 3.05) is 0 Å². The van der Waals surface area contributed by atoms with Gasteiger partial charge >= 0.3 is 0 Å². The third-order valence-corrected chi connectivity index (χ3v) is 5.20. The van der Waals surface area contributed by atoms with Gasteiger partial charge in [0.25, 0.3) is 0 Å². The third kappa shape index (κ3) is 2.20. The summed E-state index contributed by atoms with van der Waals surface area (Å²) < 4.78 is 1.25. The topological polar surface area (TPSA) is 12.0 Å². The average Bonchev–Trinajstić information content (AvgIpc) is 2.44. The number of halogens is 1. The Balaban J connectivity index is 1.85. The Morgan fingerprint density at radius 1 is 1.57 bits per heavy atom. The van der Waals surface area contributed by atoms with Crippen LogP contribution in [-0.4, -0.2) is 6.04 Å². The maximum atomic E-state index is 3.62. The van der Waals surface area contributed by atoms with Crippen LogP contribution in [0.25, 0.3) is 0 Å². The largest absolute Gasteiger partial charge is 0.309 e. The van der Waals surface area contributed by atoms with Crippen molar-refractivity contribution < 1.29 is 0 Å². The van der Waals surface area contributed by atoms with E-state index in [1.54, 1.807) is 0 Å². The van der Waals surface area contributed by atoms with Gasteiger partial charge in [-0.2, -0.15) is 0 Å². The fourth-order valence-electron chi connectivity index (χ4n) is 1.81. The molecule has 14 heavy (non-hydrogen) atoms. The molecule has 0 spiro atoms. The van der Waals surface area contributed by atoms with Gasteiger partial charge in [-0.25, -0.2) is 0 Å². The Kier molecular flexibility index (Phi) is 3.30. The maximum Gasteiger partial charge on any atom is 0.0314 e. The van der Waals surface area contributed by atoms with E-state index in [0.29, 0.717) is 0 Å². The summed E-state index contributed by atoms with van der Waals surface area (Å²) in [6.45, 7) is 5.52. The van der Waals surface area contributed by atoms with Crippen LogP contribution in [0.4, 0.5) is 0 Å². The summed E-state index contributed by atoms with van der Waals surface area (Å²) in [5.74, 6) is 0.875. The minimum Gasteiger partial charge on any atom is -0.309 e. The Bertz CT molecular complexity index is 302. The minimum absolute atomic E-state index is 0.760. The molecule has 1 N–H and O–H groups in total. The Morgan fingerprint density at radius 2 is 2.36 bits per heavy atom. The van der Waals surface area contributed by atoms with Gasteiger partial charge in [0.1, 0.15) is 0 Å². The van der Waals surface area contributed by atoms with Crippen molar-refractivity contribution in [1.82, 2.24) is 5.32 Å². The first-order chi connectivity index (χ1) is 6.66. The van der Waals surface area contributed by atoms with Gasteiger partial charge in [-0.05, 0) is 47.7 Å².